The van der Waals surface area contributed by atoms with Crippen molar-refractivity contribution in [1.82, 2.24) is 14.9 Å². The van der Waals surface area contributed by atoms with Crippen molar-refractivity contribution in [3.05, 3.63) is 84.4 Å². The zero-order chi connectivity index (χ0) is 33.9. The third kappa shape index (κ3) is 10.9. The molecule has 0 aliphatic rings. The molecule has 0 saturated carbocycles. The normalized spacial score (nSPS) is 13.3. The Morgan fingerprint density at radius 2 is 1.59 bits per heavy atom. The van der Waals surface area contributed by atoms with Crippen LogP contribution >= 0.6 is 0 Å². The highest BCUT2D eigenvalue weighted by Crippen LogP contribution is 2.25. The van der Waals surface area contributed by atoms with Crippen molar-refractivity contribution in [2.45, 2.75) is 76.5 Å². The van der Waals surface area contributed by atoms with Gasteiger partial charge in [-0.25, -0.2) is 13.2 Å². The van der Waals surface area contributed by atoms with Gasteiger partial charge in [-0.1, -0.05) is 68.4 Å². The summed E-state index contributed by atoms with van der Waals surface area (Å²) in [4.78, 5) is 26.4. The topological polar surface area (TPSA) is 151 Å². The monoisotopic (exact) mass is 652 g/mol. The number of alkyl carbamates (subject to hydrolysis) is 1. The van der Waals surface area contributed by atoms with Crippen LogP contribution < -0.4 is 16.4 Å². The summed E-state index contributed by atoms with van der Waals surface area (Å²) in [5.74, 6) is -0.390. The van der Waals surface area contributed by atoms with Gasteiger partial charge in [-0.05, 0) is 80.5 Å². The molecule has 10 nitrogen and oxygen atoms in total. The number of nitrogen functional groups attached to an aromatic ring is 1. The average molecular weight is 653 g/mol. The van der Waals surface area contributed by atoms with Gasteiger partial charge in [0.15, 0.2) is 0 Å². The summed E-state index contributed by atoms with van der Waals surface area (Å²) in [5, 5.41) is 15.9. The summed E-state index contributed by atoms with van der Waals surface area (Å²) < 4.78 is 33.9. The molecule has 0 saturated heterocycles. The first-order valence-corrected chi connectivity index (χ1v) is 17.0. The number of sulfonamides is 1. The van der Waals surface area contributed by atoms with Crippen LogP contribution in [0.4, 0.5) is 10.5 Å². The minimum Gasteiger partial charge on any atom is -0.444 e. The van der Waals surface area contributed by atoms with Crippen LogP contribution in [0.2, 0.25) is 0 Å². The largest absolute Gasteiger partial charge is 0.444 e. The number of hydrogen-bond acceptors (Lipinski definition) is 7. The predicted octanol–water partition coefficient (Wildman–Crippen LogP) is 4.98. The van der Waals surface area contributed by atoms with E-state index in [1.807, 2.05) is 68.4 Å². The number of aliphatic hydroxyl groups is 1. The highest BCUT2D eigenvalue weighted by atomic mass is 32.2. The lowest BCUT2D eigenvalue weighted by molar-refractivity contribution is -0.123. The molecule has 1 unspecified atom stereocenters. The molecule has 2 atom stereocenters. The second-order valence-electron chi connectivity index (χ2n) is 12.7. The van der Waals surface area contributed by atoms with Crippen molar-refractivity contribution >= 4 is 27.7 Å². The third-order valence-corrected chi connectivity index (χ3v) is 9.13. The lowest BCUT2D eigenvalue weighted by atomic mass is 9.95. The first-order chi connectivity index (χ1) is 21.7. The van der Waals surface area contributed by atoms with E-state index < -0.39 is 39.7 Å². The Bertz CT molecular complexity index is 1520. The maximum Gasteiger partial charge on any atom is 0.408 e. The number of nitrogens with one attached hydrogen (secondary N) is 2. The van der Waals surface area contributed by atoms with Crippen molar-refractivity contribution in [2.24, 2.45) is 5.92 Å². The number of amides is 2. The Kier molecular flexibility index (Phi) is 13.2. The molecule has 0 heterocycles. The standard InChI is InChI=1S/C35H48N4O6S/c1-25(2)23-39(46(43,44)30-19-17-28(36)18-20-30)29(24-40)15-11-21-37-33(41)32(38-34(42)45-35(3,4)5)22-27-14-9-10-16-31(27)26-12-7-6-8-13-26/h6-10,12-14,16-20,25,29,32,40H,11,15,21-24,36H2,1-5H3,(H,37,41)(H,38,42)/t29?,32-/m0/s1. The first kappa shape index (κ1) is 36.5. The summed E-state index contributed by atoms with van der Waals surface area (Å²) >= 11 is 0. The fraction of sp³-hybridized carbons (Fsp3) is 0.429. The van der Waals surface area contributed by atoms with E-state index in [2.05, 4.69) is 10.6 Å². The van der Waals surface area contributed by atoms with E-state index in [4.69, 9.17) is 10.5 Å². The van der Waals surface area contributed by atoms with E-state index in [0.717, 1.165) is 16.7 Å². The molecule has 3 aromatic rings. The smallest absolute Gasteiger partial charge is 0.408 e. The molecule has 0 radical (unpaired) electrons. The van der Waals surface area contributed by atoms with Crippen LogP contribution in [0.25, 0.3) is 11.1 Å². The summed E-state index contributed by atoms with van der Waals surface area (Å²) in [6.45, 7) is 9.11. The fourth-order valence-corrected chi connectivity index (χ4v) is 6.86. The number of anilines is 1. The Morgan fingerprint density at radius 3 is 2.20 bits per heavy atom. The quantitative estimate of drug-likeness (QED) is 0.134. The van der Waals surface area contributed by atoms with Crippen LogP contribution in [-0.4, -0.2) is 67.2 Å². The zero-order valence-corrected chi connectivity index (χ0v) is 28.2. The van der Waals surface area contributed by atoms with Gasteiger partial charge in [0, 0.05) is 31.2 Å². The summed E-state index contributed by atoms with van der Waals surface area (Å²) in [5.41, 5.74) is 8.28. The Morgan fingerprint density at radius 1 is 0.957 bits per heavy atom. The van der Waals surface area contributed by atoms with E-state index in [0.29, 0.717) is 18.5 Å². The molecule has 11 heteroatoms. The number of benzene rings is 3. The minimum atomic E-state index is -3.91. The molecule has 250 valence electrons. The number of hydrogen-bond donors (Lipinski definition) is 4. The number of nitrogens with zero attached hydrogens (tertiary/aromatic N) is 1. The van der Waals surface area contributed by atoms with E-state index in [-0.39, 0.29) is 36.9 Å². The van der Waals surface area contributed by atoms with Crippen molar-refractivity contribution < 1.29 is 27.9 Å². The zero-order valence-electron chi connectivity index (χ0n) is 27.4. The van der Waals surface area contributed by atoms with Crippen LogP contribution in [0.1, 0.15) is 53.0 Å². The molecule has 46 heavy (non-hydrogen) atoms. The van der Waals surface area contributed by atoms with Gasteiger partial charge in [0.25, 0.3) is 0 Å². The average Bonchev–Trinajstić information content (AvgIpc) is 2.99. The number of carbonyl (C=O) groups excluding carboxylic acids is 2. The Labute approximate surface area is 273 Å². The molecule has 0 bridgehead atoms. The van der Waals surface area contributed by atoms with E-state index in [1.54, 1.807) is 20.8 Å². The van der Waals surface area contributed by atoms with E-state index in [1.165, 1.54) is 28.6 Å². The second-order valence-corrected chi connectivity index (χ2v) is 14.6. The SMILES string of the molecule is CC(C)CN(C(CO)CCCNC(=O)[C@H](Cc1ccccc1-c1ccccc1)NC(=O)OC(C)(C)C)S(=O)(=O)c1ccc(N)cc1. The Balaban J connectivity index is 1.74. The number of rotatable bonds is 15. The van der Waals surface area contributed by atoms with Crippen LogP contribution in [-0.2, 0) is 26.0 Å². The predicted molar refractivity (Wildman–Crippen MR) is 181 cm³/mol. The van der Waals surface area contributed by atoms with Crippen molar-refractivity contribution in [1.29, 1.82) is 0 Å². The highest BCUT2D eigenvalue weighted by Gasteiger charge is 2.32. The van der Waals surface area contributed by atoms with Crippen molar-refractivity contribution in [3.8, 4) is 11.1 Å². The van der Waals surface area contributed by atoms with Gasteiger partial charge in [0.05, 0.1) is 11.5 Å². The molecule has 3 rings (SSSR count). The lowest BCUT2D eigenvalue weighted by Gasteiger charge is -2.31. The number of nitrogens with two attached hydrogens (primary N) is 1. The van der Waals surface area contributed by atoms with Gasteiger partial charge in [0.1, 0.15) is 11.6 Å². The van der Waals surface area contributed by atoms with Gasteiger partial charge in [0.2, 0.25) is 15.9 Å². The summed E-state index contributed by atoms with van der Waals surface area (Å²) in [6, 6.07) is 21.9. The second kappa shape index (κ2) is 16.6. The molecule has 0 aliphatic heterocycles. The van der Waals surface area contributed by atoms with Crippen molar-refractivity contribution in [3.63, 3.8) is 0 Å². The lowest BCUT2D eigenvalue weighted by Crippen LogP contribution is -2.49. The maximum atomic E-state index is 13.6. The number of carbonyl (C=O) groups is 2. The molecule has 5 N–H and O–H groups in total. The fourth-order valence-electron chi connectivity index (χ4n) is 5.05. The van der Waals surface area contributed by atoms with Gasteiger partial charge in [-0.15, -0.1) is 0 Å². The maximum absolute atomic E-state index is 13.6. The summed E-state index contributed by atoms with van der Waals surface area (Å²) in [7, 11) is -3.91. The van der Waals surface area contributed by atoms with Gasteiger partial charge < -0.3 is 26.2 Å². The van der Waals surface area contributed by atoms with Crippen molar-refractivity contribution in [2.75, 3.05) is 25.4 Å². The Hall–Kier alpha value is -3.93. The van der Waals surface area contributed by atoms with Crippen LogP contribution in [0.15, 0.2) is 83.8 Å². The molecule has 0 aromatic heterocycles. The molecule has 3 aromatic carbocycles. The molecule has 0 aliphatic carbocycles. The molecular weight excluding hydrogens is 604 g/mol. The molecular formula is C35H48N4O6S. The van der Waals surface area contributed by atoms with Crippen LogP contribution in [0, 0.1) is 5.92 Å². The molecule has 2 amide bonds. The van der Waals surface area contributed by atoms with Gasteiger partial charge in [-0.2, -0.15) is 4.31 Å². The third-order valence-electron chi connectivity index (χ3n) is 7.20. The molecule has 0 fully saturated rings. The highest BCUT2D eigenvalue weighted by molar-refractivity contribution is 7.89. The van der Waals surface area contributed by atoms with Gasteiger partial charge in [-0.3, -0.25) is 4.79 Å². The number of ether oxygens (including phenoxy) is 1. The molecule has 0 spiro atoms. The first-order valence-electron chi connectivity index (χ1n) is 15.6. The van der Waals surface area contributed by atoms with E-state index in [9.17, 15) is 23.1 Å². The van der Waals surface area contributed by atoms with Gasteiger partial charge >= 0.3 is 6.09 Å². The van der Waals surface area contributed by atoms with Crippen LogP contribution in [0.5, 0.6) is 0 Å². The number of aliphatic hydroxyl groups excluding tert-OH is 1. The minimum absolute atomic E-state index is 0.00996. The van der Waals surface area contributed by atoms with Crippen LogP contribution in [0.3, 0.4) is 0 Å². The van der Waals surface area contributed by atoms with E-state index >= 15 is 0 Å². The summed E-state index contributed by atoms with van der Waals surface area (Å²) in [6.07, 6.45) is 0.209.